The van der Waals surface area contributed by atoms with Crippen molar-refractivity contribution in [2.24, 2.45) is 5.73 Å². The molecule has 4 rings (SSSR count). The Labute approximate surface area is 177 Å². The van der Waals surface area contributed by atoms with Crippen LogP contribution in [0.4, 0.5) is 0 Å². The molecule has 1 atom stereocenters. The third kappa shape index (κ3) is 4.35. The van der Waals surface area contributed by atoms with E-state index < -0.39 is 0 Å². The normalized spacial score (nSPS) is 16.6. The molecule has 160 valence electrons. The van der Waals surface area contributed by atoms with Gasteiger partial charge in [-0.15, -0.1) is 0 Å². The lowest BCUT2D eigenvalue weighted by Crippen LogP contribution is -2.35. The van der Waals surface area contributed by atoms with Gasteiger partial charge in [0.2, 0.25) is 11.7 Å². The van der Waals surface area contributed by atoms with Gasteiger partial charge in [0.1, 0.15) is 6.04 Å². The summed E-state index contributed by atoms with van der Waals surface area (Å²) in [4.78, 5) is 6.44. The van der Waals surface area contributed by atoms with Crippen LogP contribution in [0.5, 0.6) is 0 Å². The Morgan fingerprint density at radius 1 is 1.20 bits per heavy atom. The Kier molecular flexibility index (Phi) is 6.35. The second kappa shape index (κ2) is 9.32. The standard InChI is InChI=1S/C23H32N6O/c1-2-3-4-5-6-7-13-28-15-12-17-16-18(10-11-19(17)28)21-26-22(30-27-21)20-9-8-14-29(20)23(24)25/h10-12,15-16,20H,2-9,13-14H2,1H3,(H3,24,25)/t20-/m0/s1. The molecule has 7 nitrogen and oxygen atoms in total. The highest BCUT2D eigenvalue weighted by molar-refractivity contribution is 5.84. The van der Waals surface area contributed by atoms with Crippen molar-refractivity contribution in [3.05, 3.63) is 36.4 Å². The maximum atomic E-state index is 7.74. The summed E-state index contributed by atoms with van der Waals surface area (Å²) in [5.41, 5.74) is 7.88. The van der Waals surface area contributed by atoms with Crippen LogP contribution < -0.4 is 5.73 Å². The topological polar surface area (TPSA) is 97.0 Å². The van der Waals surface area contributed by atoms with Crippen molar-refractivity contribution in [2.45, 2.75) is 70.9 Å². The minimum atomic E-state index is -0.0918. The van der Waals surface area contributed by atoms with Crippen molar-refractivity contribution in [1.29, 1.82) is 5.41 Å². The highest BCUT2D eigenvalue weighted by atomic mass is 16.5. The van der Waals surface area contributed by atoms with E-state index >= 15 is 0 Å². The number of unbranched alkanes of at least 4 members (excludes halogenated alkanes) is 5. The number of likely N-dealkylation sites (tertiary alicyclic amines) is 1. The van der Waals surface area contributed by atoms with E-state index in [1.807, 2.05) is 4.90 Å². The number of rotatable bonds is 9. The van der Waals surface area contributed by atoms with Crippen LogP contribution in [0.25, 0.3) is 22.3 Å². The molecular formula is C23H32N6O. The van der Waals surface area contributed by atoms with E-state index in [9.17, 15) is 0 Å². The minimum Gasteiger partial charge on any atom is -0.370 e. The van der Waals surface area contributed by atoms with E-state index in [1.165, 1.54) is 49.4 Å². The van der Waals surface area contributed by atoms with E-state index in [1.54, 1.807) is 0 Å². The molecule has 1 fully saturated rings. The van der Waals surface area contributed by atoms with Crippen molar-refractivity contribution in [3.8, 4) is 11.4 Å². The molecule has 0 unspecified atom stereocenters. The van der Waals surface area contributed by atoms with Crippen LogP contribution in [0.3, 0.4) is 0 Å². The summed E-state index contributed by atoms with van der Waals surface area (Å²) in [7, 11) is 0. The van der Waals surface area contributed by atoms with E-state index in [-0.39, 0.29) is 12.0 Å². The van der Waals surface area contributed by atoms with Gasteiger partial charge in [0, 0.05) is 35.8 Å². The number of nitrogens with two attached hydrogens (primary N) is 1. The second-order valence-corrected chi connectivity index (χ2v) is 8.24. The van der Waals surface area contributed by atoms with Gasteiger partial charge in [-0.05, 0) is 43.5 Å². The van der Waals surface area contributed by atoms with Crippen LogP contribution in [0.1, 0.15) is 70.2 Å². The van der Waals surface area contributed by atoms with Crippen LogP contribution in [-0.2, 0) is 6.54 Å². The Bertz CT molecular complexity index is 991. The molecule has 1 aliphatic rings. The van der Waals surface area contributed by atoms with Gasteiger partial charge in [-0.1, -0.05) is 44.2 Å². The molecule has 1 aromatic carbocycles. The molecule has 30 heavy (non-hydrogen) atoms. The SMILES string of the molecule is CCCCCCCCn1ccc2cc(-c3noc([C@@H]4CCCN4C(=N)N)n3)ccc21. The summed E-state index contributed by atoms with van der Waals surface area (Å²) < 4.78 is 7.87. The van der Waals surface area contributed by atoms with Crippen LogP contribution >= 0.6 is 0 Å². The van der Waals surface area contributed by atoms with Crippen molar-refractivity contribution in [3.63, 3.8) is 0 Å². The van der Waals surface area contributed by atoms with Crippen molar-refractivity contribution in [2.75, 3.05) is 6.54 Å². The molecule has 0 spiro atoms. The Balaban J connectivity index is 1.43. The van der Waals surface area contributed by atoms with Crippen LogP contribution in [0.15, 0.2) is 35.0 Å². The molecule has 0 saturated carbocycles. The third-order valence-corrected chi connectivity index (χ3v) is 6.07. The fraction of sp³-hybridized carbons (Fsp3) is 0.522. The number of hydrogen-bond donors (Lipinski definition) is 2. The van der Waals surface area contributed by atoms with E-state index in [0.717, 1.165) is 31.5 Å². The lowest BCUT2D eigenvalue weighted by atomic mass is 10.1. The molecule has 2 aromatic heterocycles. The molecular weight excluding hydrogens is 376 g/mol. The molecule has 3 heterocycles. The Morgan fingerprint density at radius 3 is 2.87 bits per heavy atom. The maximum absolute atomic E-state index is 7.74. The van der Waals surface area contributed by atoms with Crippen molar-refractivity contribution >= 4 is 16.9 Å². The first-order chi connectivity index (χ1) is 14.7. The number of guanidine groups is 1. The predicted molar refractivity (Wildman–Crippen MR) is 119 cm³/mol. The highest BCUT2D eigenvalue weighted by Gasteiger charge is 2.31. The Morgan fingerprint density at radius 2 is 2.03 bits per heavy atom. The quantitative estimate of drug-likeness (QED) is 0.292. The number of aromatic nitrogens is 3. The van der Waals surface area contributed by atoms with Crippen LogP contribution in [0, 0.1) is 5.41 Å². The third-order valence-electron chi connectivity index (χ3n) is 6.07. The summed E-state index contributed by atoms with van der Waals surface area (Å²) in [5, 5.41) is 13.1. The van der Waals surface area contributed by atoms with Gasteiger partial charge in [-0.2, -0.15) is 4.98 Å². The summed E-state index contributed by atoms with van der Waals surface area (Å²) in [6, 6.07) is 8.40. The zero-order chi connectivity index (χ0) is 20.9. The van der Waals surface area contributed by atoms with Gasteiger partial charge in [-0.25, -0.2) is 0 Å². The average Bonchev–Trinajstić information content (AvgIpc) is 3.49. The molecule has 1 saturated heterocycles. The number of nitrogens with zero attached hydrogens (tertiary/aromatic N) is 4. The molecule has 3 aromatic rings. The van der Waals surface area contributed by atoms with Gasteiger partial charge in [0.15, 0.2) is 5.96 Å². The van der Waals surface area contributed by atoms with Crippen LogP contribution in [-0.4, -0.2) is 32.1 Å². The fourth-order valence-corrected chi connectivity index (χ4v) is 4.40. The largest absolute Gasteiger partial charge is 0.370 e. The van der Waals surface area contributed by atoms with Gasteiger partial charge in [0.05, 0.1) is 0 Å². The first-order valence-electron chi connectivity index (χ1n) is 11.2. The van der Waals surface area contributed by atoms with Gasteiger partial charge < -0.3 is 19.7 Å². The second-order valence-electron chi connectivity index (χ2n) is 8.24. The van der Waals surface area contributed by atoms with Gasteiger partial charge >= 0.3 is 0 Å². The van der Waals surface area contributed by atoms with E-state index in [2.05, 4.69) is 52.1 Å². The smallest absolute Gasteiger partial charge is 0.249 e. The number of aryl methyl sites for hydroxylation is 1. The summed E-state index contributed by atoms with van der Waals surface area (Å²) in [6.07, 6.45) is 11.9. The maximum Gasteiger partial charge on any atom is 0.249 e. The molecule has 1 aliphatic heterocycles. The number of benzene rings is 1. The van der Waals surface area contributed by atoms with Crippen LogP contribution in [0.2, 0.25) is 0 Å². The molecule has 7 heteroatoms. The average molecular weight is 409 g/mol. The first-order valence-corrected chi connectivity index (χ1v) is 11.2. The number of hydrogen-bond acceptors (Lipinski definition) is 4. The monoisotopic (exact) mass is 408 g/mol. The van der Waals surface area contributed by atoms with Crippen molar-refractivity contribution in [1.82, 2.24) is 19.6 Å². The zero-order valence-electron chi connectivity index (χ0n) is 17.8. The summed E-state index contributed by atoms with van der Waals surface area (Å²) >= 11 is 0. The van der Waals surface area contributed by atoms with Gasteiger partial charge in [-0.3, -0.25) is 5.41 Å². The molecule has 3 N–H and O–H groups in total. The lowest BCUT2D eigenvalue weighted by Gasteiger charge is -2.21. The Hall–Kier alpha value is -2.83. The van der Waals surface area contributed by atoms with E-state index in [4.69, 9.17) is 15.7 Å². The molecule has 0 radical (unpaired) electrons. The highest BCUT2D eigenvalue weighted by Crippen LogP contribution is 2.32. The minimum absolute atomic E-state index is 0.0605. The molecule has 0 amide bonds. The van der Waals surface area contributed by atoms with Gasteiger partial charge in [0.25, 0.3) is 0 Å². The predicted octanol–water partition coefficient (Wildman–Crippen LogP) is 5.08. The zero-order valence-corrected chi connectivity index (χ0v) is 17.8. The number of nitrogens with one attached hydrogen (secondary N) is 1. The summed E-state index contributed by atoms with van der Waals surface area (Å²) in [5.74, 6) is 1.19. The summed E-state index contributed by atoms with van der Waals surface area (Å²) in [6.45, 7) is 4.07. The first kappa shape index (κ1) is 20.4. The van der Waals surface area contributed by atoms with E-state index in [0.29, 0.717) is 11.7 Å². The lowest BCUT2D eigenvalue weighted by molar-refractivity contribution is 0.283. The van der Waals surface area contributed by atoms with Crippen molar-refractivity contribution < 1.29 is 4.52 Å². The fourth-order valence-electron chi connectivity index (χ4n) is 4.40. The number of fused-ring (bicyclic) bond motifs is 1. The molecule has 0 bridgehead atoms. The molecule has 0 aliphatic carbocycles.